The third-order valence-corrected chi connectivity index (χ3v) is 1.99. The maximum Gasteiger partial charge on any atom is 0.325 e. The molecule has 0 spiro atoms. The highest BCUT2D eigenvalue weighted by Gasteiger charge is 2.14. The van der Waals surface area contributed by atoms with Gasteiger partial charge in [0.25, 0.3) is 0 Å². The van der Waals surface area contributed by atoms with Crippen molar-refractivity contribution in [3.63, 3.8) is 0 Å². The Labute approximate surface area is 103 Å². The number of hydrogen-bond donors (Lipinski definition) is 2. The zero-order chi connectivity index (χ0) is 13.5. The number of hydrogen-bond acceptors (Lipinski definition) is 5. The molecule has 1 heterocycles. The van der Waals surface area contributed by atoms with E-state index in [1.54, 1.807) is 0 Å². The molecule has 8 heteroatoms. The van der Waals surface area contributed by atoms with E-state index in [9.17, 15) is 9.59 Å². The lowest BCUT2D eigenvalue weighted by Gasteiger charge is -2.08. The monoisotopic (exact) mass is 254 g/mol. The van der Waals surface area contributed by atoms with Crippen molar-refractivity contribution in [2.24, 2.45) is 0 Å². The number of nitrogens with one attached hydrogen (secondary N) is 1. The Hall–Kier alpha value is -2.38. The molecule has 0 saturated heterocycles. The molecular formula is C10H14N4O4. The molecular weight excluding hydrogens is 240 g/mol. The van der Waals surface area contributed by atoms with Gasteiger partial charge in [-0.3, -0.25) is 9.59 Å². The lowest BCUT2D eigenvalue weighted by atomic mass is 10.3. The van der Waals surface area contributed by atoms with Gasteiger partial charge in [0.15, 0.2) is 0 Å². The average molecular weight is 254 g/mol. The van der Waals surface area contributed by atoms with E-state index in [0.29, 0.717) is 5.69 Å². The van der Waals surface area contributed by atoms with Crippen LogP contribution in [0.4, 0.5) is 0 Å². The Bertz CT molecular complexity index is 443. The molecule has 0 radical (unpaired) electrons. The zero-order valence-corrected chi connectivity index (χ0v) is 9.87. The molecule has 0 aromatic carbocycles. The molecule has 1 aromatic rings. The molecule has 2 N–H and O–H groups in total. The molecule has 1 unspecified atom stereocenters. The summed E-state index contributed by atoms with van der Waals surface area (Å²) in [6.07, 6.45) is 2.81. The van der Waals surface area contributed by atoms with Gasteiger partial charge in [0.2, 0.25) is 5.91 Å². The van der Waals surface area contributed by atoms with Gasteiger partial charge in [-0.15, -0.1) is 5.10 Å². The standard InChI is InChI=1S/C10H14N4O4/c1-3-18-6-8-4-14(13-12-8)5-9(15)11-7(2)10(16)17/h3-4,7H,1,5-6H2,2H3,(H,11,15)(H,16,17). The third-order valence-electron chi connectivity index (χ3n) is 1.99. The lowest BCUT2D eigenvalue weighted by molar-refractivity contribution is -0.141. The van der Waals surface area contributed by atoms with Crippen LogP contribution >= 0.6 is 0 Å². The van der Waals surface area contributed by atoms with Crippen molar-refractivity contribution in [3.05, 3.63) is 24.7 Å². The van der Waals surface area contributed by atoms with Gasteiger partial charge in [-0.05, 0) is 6.92 Å². The molecule has 18 heavy (non-hydrogen) atoms. The number of carbonyl (C=O) groups is 2. The molecule has 1 aromatic heterocycles. The quantitative estimate of drug-likeness (QED) is 0.637. The number of aromatic nitrogens is 3. The highest BCUT2D eigenvalue weighted by atomic mass is 16.5. The van der Waals surface area contributed by atoms with Crippen LogP contribution in [-0.4, -0.2) is 38.0 Å². The summed E-state index contributed by atoms with van der Waals surface area (Å²) in [5, 5.41) is 18.4. The highest BCUT2D eigenvalue weighted by molar-refractivity contribution is 5.82. The van der Waals surface area contributed by atoms with Gasteiger partial charge in [-0.25, -0.2) is 4.68 Å². The molecule has 0 fully saturated rings. The van der Waals surface area contributed by atoms with Crippen LogP contribution < -0.4 is 5.32 Å². The van der Waals surface area contributed by atoms with Crippen LogP contribution in [0.5, 0.6) is 0 Å². The van der Waals surface area contributed by atoms with Gasteiger partial charge >= 0.3 is 5.97 Å². The number of nitrogens with zero attached hydrogens (tertiary/aromatic N) is 3. The maximum absolute atomic E-state index is 11.4. The predicted molar refractivity (Wildman–Crippen MR) is 60.2 cm³/mol. The molecule has 1 amide bonds. The molecule has 0 saturated carbocycles. The van der Waals surface area contributed by atoms with E-state index in [0.717, 1.165) is 0 Å². The SMILES string of the molecule is C=COCc1cn(CC(=O)NC(C)C(=O)O)nn1. The summed E-state index contributed by atoms with van der Waals surface area (Å²) in [6, 6.07) is -0.940. The van der Waals surface area contributed by atoms with Crippen LogP contribution in [0.1, 0.15) is 12.6 Å². The fraction of sp³-hybridized carbons (Fsp3) is 0.400. The lowest BCUT2D eigenvalue weighted by Crippen LogP contribution is -2.40. The Balaban J connectivity index is 2.46. The number of amides is 1. The van der Waals surface area contributed by atoms with Crippen molar-refractivity contribution < 1.29 is 19.4 Å². The van der Waals surface area contributed by atoms with Crippen LogP contribution in [0, 0.1) is 0 Å². The summed E-state index contributed by atoms with van der Waals surface area (Å²) < 4.78 is 6.20. The highest BCUT2D eigenvalue weighted by Crippen LogP contribution is 1.96. The Morgan fingerprint density at radius 3 is 3.06 bits per heavy atom. The first kappa shape index (κ1) is 13.7. The molecule has 1 rings (SSSR count). The molecule has 0 bridgehead atoms. The van der Waals surface area contributed by atoms with E-state index in [-0.39, 0.29) is 13.2 Å². The minimum absolute atomic E-state index is 0.0985. The number of carboxylic acid groups (broad SMARTS) is 1. The molecule has 0 aliphatic carbocycles. The Kier molecular flexibility index (Phi) is 4.85. The fourth-order valence-electron chi connectivity index (χ4n) is 1.12. The third kappa shape index (κ3) is 4.24. The number of carboxylic acids is 1. The number of ether oxygens (including phenoxy) is 1. The normalized spacial score (nSPS) is 11.6. The second-order valence-corrected chi connectivity index (χ2v) is 3.51. The van der Waals surface area contributed by atoms with Gasteiger partial charge < -0.3 is 15.2 Å². The van der Waals surface area contributed by atoms with Crippen molar-refractivity contribution in [2.75, 3.05) is 0 Å². The number of aliphatic carboxylic acids is 1. The van der Waals surface area contributed by atoms with Gasteiger partial charge in [0.05, 0.1) is 12.5 Å². The van der Waals surface area contributed by atoms with Crippen LogP contribution in [-0.2, 0) is 27.5 Å². The van der Waals surface area contributed by atoms with E-state index in [1.165, 1.54) is 24.1 Å². The molecule has 0 aliphatic rings. The van der Waals surface area contributed by atoms with Crippen molar-refractivity contribution >= 4 is 11.9 Å². The first-order valence-electron chi connectivity index (χ1n) is 5.16. The summed E-state index contributed by atoms with van der Waals surface area (Å²) in [7, 11) is 0. The van der Waals surface area contributed by atoms with E-state index in [1.807, 2.05) is 0 Å². The molecule has 98 valence electrons. The van der Waals surface area contributed by atoms with Crippen molar-refractivity contribution in [1.29, 1.82) is 0 Å². The fourth-order valence-corrected chi connectivity index (χ4v) is 1.12. The minimum Gasteiger partial charge on any atom is -0.495 e. The van der Waals surface area contributed by atoms with E-state index in [2.05, 4.69) is 22.2 Å². The van der Waals surface area contributed by atoms with Crippen LogP contribution in [0.2, 0.25) is 0 Å². The van der Waals surface area contributed by atoms with Gasteiger partial charge in [0.1, 0.15) is 24.9 Å². The first-order chi connectivity index (χ1) is 8.52. The predicted octanol–water partition coefficient (Wildman–Crippen LogP) is -0.473. The Morgan fingerprint density at radius 1 is 1.72 bits per heavy atom. The minimum atomic E-state index is -1.10. The van der Waals surface area contributed by atoms with E-state index >= 15 is 0 Å². The van der Waals surface area contributed by atoms with Crippen molar-refractivity contribution in [3.8, 4) is 0 Å². The van der Waals surface area contributed by atoms with E-state index in [4.69, 9.17) is 9.84 Å². The molecule has 0 aliphatic heterocycles. The van der Waals surface area contributed by atoms with Crippen LogP contribution in [0.3, 0.4) is 0 Å². The van der Waals surface area contributed by atoms with Gasteiger partial charge in [0, 0.05) is 0 Å². The summed E-state index contributed by atoms with van der Waals surface area (Å²) in [5.41, 5.74) is 0.550. The molecule has 8 nitrogen and oxygen atoms in total. The molecule has 1 atom stereocenters. The zero-order valence-electron chi connectivity index (χ0n) is 9.87. The maximum atomic E-state index is 11.4. The Morgan fingerprint density at radius 2 is 2.44 bits per heavy atom. The number of carbonyl (C=O) groups excluding carboxylic acids is 1. The smallest absolute Gasteiger partial charge is 0.325 e. The number of rotatable bonds is 7. The van der Waals surface area contributed by atoms with Crippen molar-refractivity contribution in [1.82, 2.24) is 20.3 Å². The van der Waals surface area contributed by atoms with Gasteiger partial charge in [-0.2, -0.15) is 0 Å². The summed E-state index contributed by atoms with van der Waals surface area (Å²) in [4.78, 5) is 22.0. The summed E-state index contributed by atoms with van der Waals surface area (Å²) in [6.45, 7) is 4.88. The largest absolute Gasteiger partial charge is 0.495 e. The summed E-state index contributed by atoms with van der Waals surface area (Å²) >= 11 is 0. The topological polar surface area (TPSA) is 106 Å². The second-order valence-electron chi connectivity index (χ2n) is 3.51. The van der Waals surface area contributed by atoms with Crippen molar-refractivity contribution in [2.45, 2.75) is 26.1 Å². The summed E-state index contributed by atoms with van der Waals surface area (Å²) in [5.74, 6) is -1.55. The second kappa shape index (κ2) is 6.38. The first-order valence-corrected chi connectivity index (χ1v) is 5.16. The van der Waals surface area contributed by atoms with Gasteiger partial charge in [-0.1, -0.05) is 11.8 Å². The average Bonchev–Trinajstić information content (AvgIpc) is 2.73. The van der Waals surface area contributed by atoms with Crippen LogP contribution in [0.25, 0.3) is 0 Å². The van der Waals surface area contributed by atoms with E-state index < -0.39 is 17.9 Å². The van der Waals surface area contributed by atoms with Crippen LogP contribution in [0.15, 0.2) is 19.0 Å².